The van der Waals surface area contributed by atoms with Crippen LogP contribution in [-0.4, -0.2) is 24.1 Å². The van der Waals surface area contributed by atoms with Crippen LogP contribution < -0.4 is 10.7 Å². The molecule has 0 saturated carbocycles. The van der Waals surface area contributed by atoms with E-state index in [2.05, 4.69) is 15.8 Å². The fraction of sp³-hybridized carbons (Fsp3) is 0.118. The first kappa shape index (κ1) is 16.7. The SMILES string of the molecule is C[C@@H](NC(=O)c1ccccc1)C(=O)NN=Cc1ccc(Cl)cc1. The van der Waals surface area contributed by atoms with Crippen LogP contribution in [-0.2, 0) is 4.79 Å². The van der Waals surface area contributed by atoms with Gasteiger partial charge in [0.1, 0.15) is 6.04 Å². The van der Waals surface area contributed by atoms with Crippen LogP contribution in [0, 0.1) is 0 Å². The second-order valence-corrected chi connectivity index (χ2v) is 5.28. The maximum Gasteiger partial charge on any atom is 0.262 e. The van der Waals surface area contributed by atoms with Gasteiger partial charge in [-0.25, -0.2) is 5.43 Å². The van der Waals surface area contributed by atoms with E-state index in [-0.39, 0.29) is 5.91 Å². The summed E-state index contributed by atoms with van der Waals surface area (Å²) in [6, 6.07) is 15.0. The zero-order chi connectivity index (χ0) is 16.7. The largest absolute Gasteiger partial charge is 0.340 e. The average Bonchev–Trinajstić information content (AvgIpc) is 2.57. The number of nitrogens with zero attached hydrogens (tertiary/aromatic N) is 1. The zero-order valence-corrected chi connectivity index (χ0v) is 13.2. The average molecular weight is 330 g/mol. The molecule has 0 fully saturated rings. The van der Waals surface area contributed by atoms with Crippen molar-refractivity contribution < 1.29 is 9.59 Å². The Hall–Kier alpha value is -2.66. The van der Waals surface area contributed by atoms with Gasteiger partial charge in [0.25, 0.3) is 11.8 Å². The minimum absolute atomic E-state index is 0.310. The second-order valence-electron chi connectivity index (χ2n) is 4.85. The topological polar surface area (TPSA) is 70.6 Å². The van der Waals surface area contributed by atoms with Crippen molar-refractivity contribution in [1.82, 2.24) is 10.7 Å². The number of benzene rings is 2. The number of amides is 2. The number of hydrogen-bond acceptors (Lipinski definition) is 3. The third-order valence-electron chi connectivity index (χ3n) is 3.04. The Bertz CT molecular complexity index is 700. The molecule has 0 spiro atoms. The molecule has 6 heteroatoms. The summed E-state index contributed by atoms with van der Waals surface area (Å²) in [5.74, 6) is -0.713. The van der Waals surface area contributed by atoms with Crippen molar-refractivity contribution in [3.05, 3.63) is 70.7 Å². The van der Waals surface area contributed by atoms with Crippen LogP contribution in [0.5, 0.6) is 0 Å². The summed E-state index contributed by atoms with van der Waals surface area (Å²) in [7, 11) is 0. The molecule has 23 heavy (non-hydrogen) atoms. The fourth-order valence-corrected chi connectivity index (χ4v) is 1.88. The van der Waals surface area contributed by atoms with E-state index in [0.717, 1.165) is 5.56 Å². The monoisotopic (exact) mass is 329 g/mol. The molecule has 0 radical (unpaired) electrons. The van der Waals surface area contributed by atoms with Crippen LogP contribution in [0.4, 0.5) is 0 Å². The quantitative estimate of drug-likeness (QED) is 0.654. The van der Waals surface area contributed by atoms with Gasteiger partial charge in [-0.15, -0.1) is 0 Å². The first-order valence-electron chi connectivity index (χ1n) is 7.00. The van der Waals surface area contributed by atoms with Crippen LogP contribution in [0.3, 0.4) is 0 Å². The van der Waals surface area contributed by atoms with Gasteiger partial charge in [0.15, 0.2) is 0 Å². The van der Waals surface area contributed by atoms with Crippen molar-refractivity contribution in [2.24, 2.45) is 5.10 Å². The number of rotatable bonds is 5. The molecule has 118 valence electrons. The zero-order valence-electron chi connectivity index (χ0n) is 12.5. The molecule has 0 aliphatic rings. The predicted molar refractivity (Wildman–Crippen MR) is 90.6 cm³/mol. The molecule has 0 aliphatic heterocycles. The summed E-state index contributed by atoms with van der Waals surface area (Å²) in [4.78, 5) is 23.8. The maximum absolute atomic E-state index is 11.9. The van der Waals surface area contributed by atoms with Crippen LogP contribution in [0.1, 0.15) is 22.8 Å². The van der Waals surface area contributed by atoms with Crippen molar-refractivity contribution in [3.63, 3.8) is 0 Å². The highest BCUT2D eigenvalue weighted by atomic mass is 35.5. The number of hydrazone groups is 1. The minimum atomic E-state index is -0.704. The van der Waals surface area contributed by atoms with E-state index >= 15 is 0 Å². The van der Waals surface area contributed by atoms with E-state index in [1.165, 1.54) is 6.21 Å². The Balaban J connectivity index is 1.85. The number of nitrogens with one attached hydrogen (secondary N) is 2. The molecule has 2 amide bonds. The molecule has 2 aromatic carbocycles. The molecule has 2 aromatic rings. The van der Waals surface area contributed by atoms with Gasteiger partial charge in [0.2, 0.25) is 0 Å². The Labute approximate surface area is 139 Å². The van der Waals surface area contributed by atoms with E-state index in [1.807, 2.05) is 6.07 Å². The number of hydrogen-bond donors (Lipinski definition) is 2. The smallest absolute Gasteiger partial charge is 0.262 e. The predicted octanol–water partition coefficient (Wildman–Crippen LogP) is 2.61. The summed E-state index contributed by atoms with van der Waals surface area (Å²) in [5, 5.41) is 7.09. The van der Waals surface area contributed by atoms with Crippen molar-refractivity contribution in [2.75, 3.05) is 0 Å². The van der Waals surface area contributed by atoms with E-state index in [0.29, 0.717) is 10.6 Å². The van der Waals surface area contributed by atoms with Crippen molar-refractivity contribution in [1.29, 1.82) is 0 Å². The third kappa shape index (κ3) is 5.23. The highest BCUT2D eigenvalue weighted by molar-refractivity contribution is 6.30. The lowest BCUT2D eigenvalue weighted by Gasteiger charge is -2.12. The Kier molecular flexibility index (Phi) is 5.88. The summed E-state index contributed by atoms with van der Waals surface area (Å²) in [5.41, 5.74) is 3.68. The van der Waals surface area contributed by atoms with E-state index < -0.39 is 11.9 Å². The van der Waals surface area contributed by atoms with E-state index in [9.17, 15) is 9.59 Å². The van der Waals surface area contributed by atoms with Gasteiger partial charge in [0.05, 0.1) is 6.21 Å². The molecule has 0 saturated heterocycles. The Morgan fingerprint density at radius 2 is 1.74 bits per heavy atom. The van der Waals surface area contributed by atoms with Gasteiger partial charge in [-0.05, 0) is 36.8 Å². The molecular weight excluding hydrogens is 314 g/mol. The highest BCUT2D eigenvalue weighted by Gasteiger charge is 2.15. The number of carbonyl (C=O) groups is 2. The standard InChI is InChI=1S/C17H16ClN3O2/c1-12(20-17(23)14-5-3-2-4-6-14)16(22)21-19-11-13-7-9-15(18)10-8-13/h2-12H,1H3,(H,20,23)(H,21,22)/t12-/m1/s1. The summed E-state index contributed by atoms with van der Waals surface area (Å²) < 4.78 is 0. The van der Waals surface area contributed by atoms with Crippen LogP contribution in [0.15, 0.2) is 59.7 Å². The van der Waals surface area contributed by atoms with Crippen molar-refractivity contribution >= 4 is 29.6 Å². The summed E-state index contributed by atoms with van der Waals surface area (Å²) in [6.45, 7) is 1.59. The summed E-state index contributed by atoms with van der Waals surface area (Å²) in [6.07, 6.45) is 1.50. The van der Waals surface area contributed by atoms with Crippen molar-refractivity contribution in [3.8, 4) is 0 Å². The molecule has 0 unspecified atom stereocenters. The molecule has 0 aromatic heterocycles. The molecular formula is C17H16ClN3O2. The van der Waals surface area contributed by atoms with E-state index in [4.69, 9.17) is 11.6 Å². The Morgan fingerprint density at radius 3 is 2.39 bits per heavy atom. The minimum Gasteiger partial charge on any atom is -0.340 e. The molecule has 5 nitrogen and oxygen atoms in total. The molecule has 2 rings (SSSR count). The molecule has 2 N–H and O–H groups in total. The summed E-state index contributed by atoms with van der Waals surface area (Å²) >= 11 is 5.78. The lowest BCUT2D eigenvalue weighted by atomic mass is 10.2. The number of halogens is 1. The highest BCUT2D eigenvalue weighted by Crippen LogP contribution is 2.07. The first-order chi connectivity index (χ1) is 11.1. The molecule has 0 bridgehead atoms. The van der Waals surface area contributed by atoms with Crippen molar-refractivity contribution in [2.45, 2.75) is 13.0 Å². The van der Waals surface area contributed by atoms with Gasteiger partial charge in [-0.1, -0.05) is 41.9 Å². The fourth-order valence-electron chi connectivity index (χ4n) is 1.75. The van der Waals surface area contributed by atoms with E-state index in [1.54, 1.807) is 55.5 Å². The normalized spacial score (nSPS) is 11.9. The lowest BCUT2D eigenvalue weighted by Crippen LogP contribution is -2.43. The van der Waals surface area contributed by atoms with Crippen LogP contribution >= 0.6 is 11.6 Å². The van der Waals surface area contributed by atoms with Gasteiger partial charge < -0.3 is 5.32 Å². The van der Waals surface area contributed by atoms with Gasteiger partial charge >= 0.3 is 0 Å². The van der Waals surface area contributed by atoms with Crippen LogP contribution in [0.2, 0.25) is 5.02 Å². The lowest BCUT2D eigenvalue weighted by molar-refractivity contribution is -0.122. The molecule has 1 atom stereocenters. The van der Waals surface area contributed by atoms with Gasteiger partial charge in [0, 0.05) is 10.6 Å². The Morgan fingerprint density at radius 1 is 1.09 bits per heavy atom. The maximum atomic E-state index is 11.9. The van der Waals surface area contributed by atoms with Gasteiger partial charge in [-0.3, -0.25) is 9.59 Å². The van der Waals surface area contributed by atoms with Crippen LogP contribution in [0.25, 0.3) is 0 Å². The molecule has 0 heterocycles. The number of carbonyl (C=O) groups excluding carboxylic acids is 2. The second kappa shape index (κ2) is 8.10. The molecule has 0 aliphatic carbocycles. The van der Waals surface area contributed by atoms with Gasteiger partial charge in [-0.2, -0.15) is 5.10 Å². The first-order valence-corrected chi connectivity index (χ1v) is 7.38. The third-order valence-corrected chi connectivity index (χ3v) is 3.29.